The number of nitrogens with one attached hydrogen (secondary N) is 1. The van der Waals surface area contributed by atoms with Crippen molar-refractivity contribution in [3.05, 3.63) is 54.6 Å². The van der Waals surface area contributed by atoms with E-state index in [2.05, 4.69) is 22.4 Å². The Morgan fingerprint density at radius 1 is 1.16 bits per heavy atom. The van der Waals surface area contributed by atoms with Gasteiger partial charge >= 0.3 is 6.61 Å². The van der Waals surface area contributed by atoms with Gasteiger partial charge in [-0.3, -0.25) is 9.48 Å². The highest BCUT2D eigenvalue weighted by Crippen LogP contribution is 2.40. The molecule has 0 radical (unpaired) electrons. The molecule has 1 aliphatic carbocycles. The molecule has 3 heterocycles. The number of hydrogen-bond acceptors (Lipinski definition) is 6. The van der Waals surface area contributed by atoms with E-state index in [0.717, 1.165) is 29.6 Å². The number of fused-ring (bicyclic) bond motifs is 1. The number of likely N-dealkylation sites (tertiary alicyclic amines) is 1. The lowest BCUT2D eigenvalue weighted by Crippen LogP contribution is -2.45. The summed E-state index contributed by atoms with van der Waals surface area (Å²) >= 11 is 0. The van der Waals surface area contributed by atoms with Gasteiger partial charge in [-0.1, -0.05) is 6.07 Å². The number of rotatable bonds is 8. The lowest BCUT2D eigenvalue weighted by Gasteiger charge is -2.36. The Morgan fingerprint density at radius 3 is 2.61 bits per heavy atom. The Kier molecular flexibility index (Phi) is 6.02. The summed E-state index contributed by atoms with van der Waals surface area (Å²) in [6.45, 7) is -1.26. The second-order valence-electron chi connectivity index (χ2n) is 9.71. The molecule has 0 bridgehead atoms. The molecule has 2 aliphatic rings. The Labute approximate surface area is 215 Å². The maximum Gasteiger partial charge on any atom is 0.387 e. The van der Waals surface area contributed by atoms with Crippen LogP contribution in [0.2, 0.25) is 0 Å². The zero-order valence-electron chi connectivity index (χ0n) is 20.7. The minimum absolute atomic E-state index is 0.0201. The van der Waals surface area contributed by atoms with Crippen LogP contribution in [0, 0.1) is 0 Å². The number of ether oxygens (including phenoxy) is 2. The van der Waals surface area contributed by atoms with Gasteiger partial charge in [-0.25, -0.2) is 4.39 Å². The van der Waals surface area contributed by atoms with Gasteiger partial charge in [0.25, 0.3) is 5.91 Å². The van der Waals surface area contributed by atoms with Gasteiger partial charge in [-0.15, -0.1) is 0 Å². The molecular formula is C27H25F3N4O4. The summed E-state index contributed by atoms with van der Waals surface area (Å²) in [4.78, 5) is 15.0. The van der Waals surface area contributed by atoms with Crippen LogP contribution in [-0.2, 0) is 0 Å². The molecule has 0 spiro atoms. The van der Waals surface area contributed by atoms with Gasteiger partial charge in [0.2, 0.25) is 0 Å². The largest absolute Gasteiger partial charge is 0.496 e. The fraction of sp³-hybridized carbons (Fsp3) is 0.333. The van der Waals surface area contributed by atoms with Crippen molar-refractivity contribution in [2.24, 2.45) is 0 Å². The monoisotopic (exact) mass is 526 g/mol. The van der Waals surface area contributed by atoms with Crippen molar-refractivity contribution in [1.82, 2.24) is 20.0 Å². The quantitative estimate of drug-likeness (QED) is 0.352. The summed E-state index contributed by atoms with van der Waals surface area (Å²) in [6, 6.07) is 8.31. The molecule has 198 valence electrons. The van der Waals surface area contributed by atoms with Crippen LogP contribution in [0.15, 0.2) is 53.4 Å². The second-order valence-corrected chi connectivity index (χ2v) is 9.71. The van der Waals surface area contributed by atoms with E-state index in [9.17, 15) is 18.0 Å². The molecule has 1 aliphatic heterocycles. The first-order valence-corrected chi connectivity index (χ1v) is 12.2. The number of halogens is 3. The van der Waals surface area contributed by atoms with Crippen LogP contribution >= 0.6 is 0 Å². The molecule has 2 atom stereocenters. The fourth-order valence-corrected chi connectivity index (χ4v) is 4.82. The summed E-state index contributed by atoms with van der Waals surface area (Å²) in [5.41, 5.74) is 3.31. The normalized spacial score (nSPS) is 19.5. The highest BCUT2D eigenvalue weighted by molar-refractivity contribution is 6.02. The Balaban J connectivity index is 1.34. The van der Waals surface area contributed by atoms with Crippen molar-refractivity contribution in [3.63, 3.8) is 0 Å². The average molecular weight is 527 g/mol. The van der Waals surface area contributed by atoms with E-state index in [4.69, 9.17) is 13.9 Å². The first kappa shape index (κ1) is 24.4. The van der Waals surface area contributed by atoms with E-state index in [1.165, 1.54) is 19.4 Å². The number of aromatic nitrogens is 2. The maximum atomic E-state index is 13.3. The topological polar surface area (TPSA) is 81.8 Å². The summed E-state index contributed by atoms with van der Waals surface area (Å²) in [5.74, 6) is -1.10. The van der Waals surface area contributed by atoms with E-state index in [1.807, 2.05) is 35.3 Å². The number of carbonyl (C=O) groups excluding carboxylic acids is 1. The van der Waals surface area contributed by atoms with Crippen molar-refractivity contribution in [2.45, 2.75) is 31.3 Å². The smallest absolute Gasteiger partial charge is 0.387 e. The van der Waals surface area contributed by atoms with Gasteiger partial charge in [-0.05, 0) is 42.4 Å². The number of alkyl halides is 3. The number of furan rings is 1. The summed E-state index contributed by atoms with van der Waals surface area (Å²) in [5, 5.41) is 7.72. The molecular weight excluding hydrogens is 501 g/mol. The van der Waals surface area contributed by atoms with Crippen molar-refractivity contribution < 1.29 is 31.9 Å². The Bertz CT molecular complexity index is 1510. The van der Waals surface area contributed by atoms with Gasteiger partial charge in [0.1, 0.15) is 28.8 Å². The third-order valence-corrected chi connectivity index (χ3v) is 7.00. The van der Waals surface area contributed by atoms with E-state index < -0.39 is 24.7 Å². The van der Waals surface area contributed by atoms with Crippen LogP contribution in [-0.4, -0.2) is 66.7 Å². The number of benzene rings is 2. The van der Waals surface area contributed by atoms with Gasteiger partial charge in [-0.2, -0.15) is 13.9 Å². The van der Waals surface area contributed by atoms with Crippen molar-refractivity contribution in [1.29, 1.82) is 0 Å². The minimum atomic E-state index is -3.18. The van der Waals surface area contributed by atoms with Crippen molar-refractivity contribution in [3.8, 4) is 33.8 Å². The van der Waals surface area contributed by atoms with Crippen LogP contribution in [0.4, 0.5) is 13.2 Å². The number of amides is 1. The molecule has 38 heavy (non-hydrogen) atoms. The highest BCUT2D eigenvalue weighted by atomic mass is 19.3. The van der Waals surface area contributed by atoms with E-state index >= 15 is 0 Å². The number of methoxy groups -OCH3 is 1. The van der Waals surface area contributed by atoms with E-state index in [-0.39, 0.29) is 23.5 Å². The standard InChI is InChI=1S/C27H25F3N4O4/c1-33-11-17(12-33)34-10-16(9-31-34)14-3-4-18-19(13-37-22(18)5-14)15-6-23(36-2)25(24(7-15)38-27(29)30)26(35)32-21-8-20(21)28/h3-7,9-10,13,17,20-21,27H,8,11-12H2,1-2H3,(H,32,35)/t20-,21+/m0/s1. The third-order valence-electron chi connectivity index (χ3n) is 7.00. The maximum absolute atomic E-state index is 13.3. The Hall–Kier alpha value is -3.99. The zero-order chi connectivity index (χ0) is 26.6. The minimum Gasteiger partial charge on any atom is -0.496 e. The third kappa shape index (κ3) is 4.47. The van der Waals surface area contributed by atoms with Gasteiger partial charge in [0.15, 0.2) is 0 Å². The van der Waals surface area contributed by atoms with Crippen LogP contribution in [0.25, 0.3) is 33.2 Å². The first-order chi connectivity index (χ1) is 18.3. The van der Waals surface area contributed by atoms with Gasteiger partial charge < -0.3 is 24.1 Å². The molecule has 2 fully saturated rings. The number of carbonyl (C=O) groups is 1. The molecule has 11 heteroatoms. The molecule has 8 nitrogen and oxygen atoms in total. The predicted octanol–water partition coefficient (Wildman–Crippen LogP) is 4.90. The molecule has 6 rings (SSSR count). The average Bonchev–Trinajstić information content (AvgIpc) is 3.25. The molecule has 1 saturated carbocycles. The van der Waals surface area contributed by atoms with Gasteiger partial charge in [0.05, 0.1) is 31.7 Å². The van der Waals surface area contributed by atoms with E-state index in [0.29, 0.717) is 22.8 Å². The van der Waals surface area contributed by atoms with Crippen LogP contribution in [0.1, 0.15) is 22.8 Å². The lowest BCUT2D eigenvalue weighted by atomic mass is 9.99. The van der Waals surface area contributed by atoms with Crippen LogP contribution < -0.4 is 14.8 Å². The second kappa shape index (κ2) is 9.39. The predicted molar refractivity (Wildman–Crippen MR) is 133 cm³/mol. The molecule has 1 amide bonds. The molecule has 1 N–H and O–H groups in total. The highest BCUT2D eigenvalue weighted by Gasteiger charge is 2.40. The first-order valence-electron chi connectivity index (χ1n) is 12.2. The summed E-state index contributed by atoms with van der Waals surface area (Å²) in [6.07, 6.45) is 4.37. The molecule has 0 unspecified atom stereocenters. The number of nitrogens with zero attached hydrogens (tertiary/aromatic N) is 3. The van der Waals surface area contributed by atoms with Crippen molar-refractivity contribution >= 4 is 16.9 Å². The van der Waals surface area contributed by atoms with Crippen LogP contribution in [0.3, 0.4) is 0 Å². The number of hydrogen-bond donors (Lipinski definition) is 1. The van der Waals surface area contributed by atoms with Crippen LogP contribution in [0.5, 0.6) is 11.5 Å². The molecule has 4 aromatic rings. The molecule has 2 aromatic carbocycles. The van der Waals surface area contributed by atoms with Crippen molar-refractivity contribution in [2.75, 3.05) is 27.2 Å². The van der Waals surface area contributed by atoms with Gasteiger partial charge in [0, 0.05) is 42.2 Å². The van der Waals surface area contributed by atoms with E-state index in [1.54, 1.807) is 6.07 Å². The zero-order valence-corrected chi connectivity index (χ0v) is 20.7. The lowest BCUT2D eigenvalue weighted by molar-refractivity contribution is -0.0502. The summed E-state index contributed by atoms with van der Waals surface area (Å²) < 4.78 is 57.8. The fourth-order valence-electron chi connectivity index (χ4n) is 4.82. The number of likely N-dealkylation sites (N-methyl/N-ethyl adjacent to an activating group) is 1. The summed E-state index contributed by atoms with van der Waals surface area (Å²) in [7, 11) is 3.39. The molecule has 2 aromatic heterocycles. The SMILES string of the molecule is COc1cc(-c2coc3cc(-c4cnn(C5CN(C)C5)c4)ccc23)cc(OC(F)F)c1C(=O)N[C@@H]1C[C@@H]1F. The Morgan fingerprint density at radius 2 is 1.92 bits per heavy atom. The molecule has 1 saturated heterocycles.